The third-order valence-electron chi connectivity index (χ3n) is 7.54. The Morgan fingerprint density at radius 2 is 1.74 bits per heavy atom. The molecule has 2 fully saturated rings. The van der Waals surface area contributed by atoms with E-state index in [0.29, 0.717) is 55.5 Å². The minimum atomic E-state index is -0.955. The molecule has 39 heavy (non-hydrogen) atoms. The van der Waals surface area contributed by atoms with Crippen molar-refractivity contribution in [1.29, 1.82) is 0 Å². The predicted molar refractivity (Wildman–Crippen MR) is 152 cm³/mol. The molecule has 2 aliphatic rings. The summed E-state index contributed by atoms with van der Waals surface area (Å²) >= 11 is 6.60. The molecule has 0 unspecified atom stereocenters. The molecule has 1 aliphatic heterocycles. The van der Waals surface area contributed by atoms with Crippen molar-refractivity contribution >= 4 is 29.4 Å². The van der Waals surface area contributed by atoms with Gasteiger partial charge in [0.2, 0.25) is 5.91 Å². The van der Waals surface area contributed by atoms with Crippen LogP contribution in [-0.4, -0.2) is 87.0 Å². The third-order valence-corrected chi connectivity index (χ3v) is 7.90. The van der Waals surface area contributed by atoms with Crippen LogP contribution >= 0.6 is 11.6 Å². The number of benzene rings is 1. The zero-order chi connectivity index (χ0) is 28.3. The predicted octanol–water partition coefficient (Wildman–Crippen LogP) is 2.00. The first-order chi connectivity index (χ1) is 18.4. The fourth-order valence-electron chi connectivity index (χ4n) is 5.13. The number of amides is 3. The van der Waals surface area contributed by atoms with E-state index in [-0.39, 0.29) is 17.8 Å². The minimum Gasteiger partial charge on any atom is -0.338 e. The van der Waals surface area contributed by atoms with Crippen LogP contribution in [0.15, 0.2) is 35.3 Å². The number of urea groups is 1. The number of anilines is 1. The molecular formula is C27H39ClN8O3. The number of carbonyl (C=O) groups is 2. The Labute approximate surface area is 234 Å². The van der Waals surface area contributed by atoms with Crippen LogP contribution in [0, 0.1) is 0 Å². The summed E-state index contributed by atoms with van der Waals surface area (Å²) in [5.41, 5.74) is 12.0. The van der Waals surface area contributed by atoms with Crippen molar-refractivity contribution in [3.8, 4) is 5.69 Å². The fourth-order valence-corrected chi connectivity index (χ4v) is 5.37. The van der Waals surface area contributed by atoms with E-state index < -0.39 is 11.2 Å². The zero-order valence-electron chi connectivity index (χ0n) is 22.9. The van der Waals surface area contributed by atoms with Gasteiger partial charge in [-0.15, -0.1) is 0 Å². The Balaban J connectivity index is 1.35. The summed E-state index contributed by atoms with van der Waals surface area (Å²) in [6.45, 7) is 5.55. The summed E-state index contributed by atoms with van der Waals surface area (Å²) in [6.07, 6.45) is 5.81. The highest BCUT2D eigenvalue weighted by molar-refractivity contribution is 6.31. The molecule has 0 atom stereocenters. The summed E-state index contributed by atoms with van der Waals surface area (Å²) in [7, 11) is 2.10. The molecule has 3 amide bonds. The van der Waals surface area contributed by atoms with E-state index in [4.69, 9.17) is 23.1 Å². The Morgan fingerprint density at radius 1 is 1.10 bits per heavy atom. The molecule has 4 rings (SSSR count). The lowest BCUT2D eigenvalue weighted by Gasteiger charge is -2.37. The summed E-state index contributed by atoms with van der Waals surface area (Å²) in [6, 6.07) is 7.51. The maximum absolute atomic E-state index is 12.8. The van der Waals surface area contributed by atoms with E-state index in [1.807, 2.05) is 12.1 Å². The molecule has 5 N–H and O–H groups in total. The smallest absolute Gasteiger partial charge is 0.338 e. The van der Waals surface area contributed by atoms with Gasteiger partial charge in [-0.1, -0.05) is 17.7 Å². The van der Waals surface area contributed by atoms with Crippen molar-refractivity contribution in [2.45, 2.75) is 63.7 Å². The SMILES string of the molecule is CN(Cc1ccc(-n2ccc(NC(=O)N3CCN(C(=O)C(C)(C)N)CC3)nc2=O)cc1Cl)C1CCC(N)CC1. The molecule has 12 heteroatoms. The van der Waals surface area contributed by atoms with Crippen molar-refractivity contribution < 1.29 is 9.59 Å². The average Bonchev–Trinajstić information content (AvgIpc) is 2.89. The highest BCUT2D eigenvalue weighted by atomic mass is 35.5. The number of halogens is 1. The van der Waals surface area contributed by atoms with Crippen molar-refractivity contribution in [3.05, 3.63) is 51.5 Å². The normalized spacial score (nSPS) is 20.3. The second-order valence-electron chi connectivity index (χ2n) is 11.2. The summed E-state index contributed by atoms with van der Waals surface area (Å²) in [5, 5.41) is 3.25. The van der Waals surface area contributed by atoms with Crippen LogP contribution in [0.2, 0.25) is 5.02 Å². The van der Waals surface area contributed by atoms with Crippen LogP contribution in [0.1, 0.15) is 45.1 Å². The molecule has 11 nitrogen and oxygen atoms in total. The van der Waals surface area contributed by atoms with E-state index >= 15 is 0 Å². The molecule has 1 aliphatic carbocycles. The molecule has 0 bridgehead atoms. The quantitative estimate of drug-likeness (QED) is 0.492. The van der Waals surface area contributed by atoms with Gasteiger partial charge in [-0.2, -0.15) is 4.98 Å². The van der Waals surface area contributed by atoms with Gasteiger partial charge in [0.15, 0.2) is 0 Å². The third kappa shape index (κ3) is 7.16. The molecule has 1 aromatic heterocycles. The van der Waals surface area contributed by atoms with Gasteiger partial charge >= 0.3 is 11.7 Å². The number of nitrogens with zero attached hydrogens (tertiary/aromatic N) is 5. The van der Waals surface area contributed by atoms with E-state index in [1.165, 1.54) is 4.57 Å². The average molecular weight is 559 g/mol. The van der Waals surface area contributed by atoms with E-state index in [0.717, 1.165) is 31.2 Å². The number of rotatable bonds is 6. The number of nitrogens with one attached hydrogen (secondary N) is 1. The van der Waals surface area contributed by atoms with Gasteiger partial charge in [0.1, 0.15) is 5.82 Å². The molecule has 0 spiro atoms. The molecule has 1 saturated heterocycles. The molecule has 2 aromatic rings. The van der Waals surface area contributed by atoms with Gasteiger partial charge in [0, 0.05) is 56.0 Å². The number of carbonyl (C=O) groups excluding carboxylic acids is 2. The monoisotopic (exact) mass is 558 g/mol. The van der Waals surface area contributed by atoms with E-state index in [2.05, 4.69) is 22.2 Å². The van der Waals surface area contributed by atoms with Crippen LogP contribution in [0.3, 0.4) is 0 Å². The van der Waals surface area contributed by atoms with Gasteiger partial charge in [-0.25, -0.2) is 9.59 Å². The van der Waals surface area contributed by atoms with Crippen molar-refractivity contribution in [1.82, 2.24) is 24.3 Å². The summed E-state index contributed by atoms with van der Waals surface area (Å²) in [5.74, 6) is 0.00167. The molecule has 2 heterocycles. The van der Waals surface area contributed by atoms with Crippen molar-refractivity contribution in [2.24, 2.45) is 11.5 Å². The van der Waals surface area contributed by atoms with E-state index in [9.17, 15) is 14.4 Å². The van der Waals surface area contributed by atoms with Gasteiger partial charge in [-0.05, 0) is 70.3 Å². The highest BCUT2D eigenvalue weighted by Crippen LogP contribution is 2.26. The first kappa shape index (κ1) is 29.0. The molecule has 1 saturated carbocycles. The number of hydrogen-bond donors (Lipinski definition) is 3. The van der Waals surface area contributed by atoms with Crippen molar-refractivity contribution in [3.63, 3.8) is 0 Å². The summed E-state index contributed by atoms with van der Waals surface area (Å²) in [4.78, 5) is 47.4. The fraction of sp³-hybridized carbons (Fsp3) is 0.556. The number of aromatic nitrogens is 2. The van der Waals surface area contributed by atoms with Gasteiger partial charge in [0.05, 0.1) is 11.2 Å². The van der Waals surface area contributed by atoms with Crippen LogP contribution in [-0.2, 0) is 11.3 Å². The van der Waals surface area contributed by atoms with Crippen LogP contribution in [0.25, 0.3) is 5.69 Å². The minimum absolute atomic E-state index is 0.151. The lowest BCUT2D eigenvalue weighted by atomic mass is 9.91. The van der Waals surface area contributed by atoms with Gasteiger partial charge < -0.3 is 21.3 Å². The lowest BCUT2D eigenvalue weighted by Crippen LogP contribution is -2.58. The first-order valence-corrected chi connectivity index (χ1v) is 13.8. The lowest BCUT2D eigenvalue weighted by molar-refractivity contribution is -0.137. The zero-order valence-corrected chi connectivity index (χ0v) is 23.7. The second kappa shape index (κ2) is 12.0. The van der Waals surface area contributed by atoms with Crippen LogP contribution in [0.4, 0.5) is 10.6 Å². The number of nitrogens with two attached hydrogens (primary N) is 2. The van der Waals surface area contributed by atoms with E-state index in [1.54, 1.807) is 42.0 Å². The molecule has 0 radical (unpaired) electrons. The second-order valence-corrected chi connectivity index (χ2v) is 11.6. The molecule has 212 valence electrons. The Bertz CT molecular complexity index is 1240. The Hall–Kier alpha value is -2.99. The Kier molecular flexibility index (Phi) is 8.95. The first-order valence-electron chi connectivity index (χ1n) is 13.4. The molecular weight excluding hydrogens is 520 g/mol. The molecule has 1 aromatic carbocycles. The largest absolute Gasteiger partial charge is 0.354 e. The van der Waals surface area contributed by atoms with Gasteiger partial charge in [0.25, 0.3) is 0 Å². The number of piperazine rings is 1. The Morgan fingerprint density at radius 3 is 2.33 bits per heavy atom. The topological polar surface area (TPSA) is 143 Å². The van der Waals surface area contributed by atoms with Gasteiger partial charge in [-0.3, -0.25) is 19.6 Å². The summed E-state index contributed by atoms with van der Waals surface area (Å²) < 4.78 is 1.39. The number of hydrogen-bond acceptors (Lipinski definition) is 7. The standard InChI is InChI=1S/C27H39ClN8O3/c1-27(2,30)24(37)34-12-14-35(15-13-34)25(38)31-23-10-11-36(26(39)32-23)21-7-4-18(22(28)16-21)17-33(3)20-8-5-19(29)6-9-20/h4,7,10-11,16,19-20H,5-6,8-9,12-15,17,29-30H2,1-3H3,(H,31,32,38,39). The van der Waals surface area contributed by atoms with Crippen LogP contribution < -0.4 is 22.5 Å². The van der Waals surface area contributed by atoms with Crippen LogP contribution in [0.5, 0.6) is 0 Å². The highest BCUT2D eigenvalue weighted by Gasteiger charge is 2.31. The maximum atomic E-state index is 12.8. The maximum Gasteiger partial charge on any atom is 0.354 e. The van der Waals surface area contributed by atoms with Crippen molar-refractivity contribution in [2.75, 3.05) is 38.5 Å².